The normalized spacial score (nSPS) is 12.0. The average molecular weight is 992 g/mol. The predicted molar refractivity (Wildman–Crippen MR) is 288 cm³/mol. The first-order valence-corrected chi connectivity index (χ1v) is 29.7. The minimum absolute atomic E-state index is 0.0224. The lowest BCUT2D eigenvalue weighted by molar-refractivity contribution is -0.152. The summed E-state index contributed by atoms with van der Waals surface area (Å²) in [6.45, 7) is 10.2. The molecule has 0 fully saturated rings. The summed E-state index contributed by atoms with van der Waals surface area (Å²) < 4.78 is 11.2. The fourth-order valence-electron chi connectivity index (χ4n) is 8.74. The number of carbonyl (C=O) groups is 6. The van der Waals surface area contributed by atoms with Crippen LogP contribution in [0.3, 0.4) is 0 Å². The number of rotatable bonds is 52. The largest absolute Gasteiger partial charge is 0.464 e. The van der Waals surface area contributed by atoms with E-state index in [-0.39, 0.29) is 37.9 Å². The van der Waals surface area contributed by atoms with Crippen molar-refractivity contribution in [1.82, 2.24) is 21.3 Å². The van der Waals surface area contributed by atoms with Crippen molar-refractivity contribution in [1.29, 1.82) is 0 Å². The second kappa shape index (κ2) is 52.2. The summed E-state index contributed by atoms with van der Waals surface area (Å²) in [6, 6.07) is -2.12. The molecule has 0 saturated carbocycles. The molecule has 410 valence electrons. The van der Waals surface area contributed by atoms with E-state index in [0.717, 1.165) is 89.9 Å². The van der Waals surface area contributed by atoms with Gasteiger partial charge in [0.15, 0.2) is 0 Å². The first-order chi connectivity index (χ1) is 34.2. The highest BCUT2D eigenvalue weighted by Crippen LogP contribution is 2.14. The Morgan fingerprint density at radius 1 is 0.314 bits per heavy atom. The van der Waals surface area contributed by atoms with Crippen molar-refractivity contribution in [3.8, 4) is 0 Å². The molecule has 12 nitrogen and oxygen atoms in total. The predicted octanol–water partition coefficient (Wildman–Crippen LogP) is 13.7. The molecule has 0 aromatic heterocycles. The van der Waals surface area contributed by atoms with Crippen LogP contribution in [0.15, 0.2) is 0 Å². The molecule has 0 spiro atoms. The first-order valence-electron chi connectivity index (χ1n) is 29.7. The number of ether oxygens (including phenoxy) is 2. The van der Waals surface area contributed by atoms with Crippen LogP contribution in [-0.2, 0) is 38.2 Å². The fraction of sp³-hybridized carbons (Fsp3) is 0.897. The Morgan fingerprint density at radius 2 is 0.571 bits per heavy atom. The number of hydrogen-bond acceptors (Lipinski definition) is 8. The molecule has 4 N–H and O–H groups in total. The number of hydrogen-bond donors (Lipinski definition) is 4. The number of nitrogens with one attached hydrogen (secondary N) is 4. The van der Waals surface area contributed by atoms with Gasteiger partial charge in [-0.15, -0.1) is 0 Å². The van der Waals surface area contributed by atoms with Gasteiger partial charge in [-0.3, -0.25) is 19.2 Å². The van der Waals surface area contributed by atoms with Crippen LogP contribution in [0.2, 0.25) is 0 Å². The molecule has 0 saturated heterocycles. The minimum atomic E-state index is -1.06. The van der Waals surface area contributed by atoms with E-state index in [1.54, 1.807) is 0 Å². The summed E-state index contributed by atoms with van der Waals surface area (Å²) in [5.74, 6) is -3.19. The van der Waals surface area contributed by atoms with E-state index in [2.05, 4.69) is 49.0 Å². The highest BCUT2D eigenvalue weighted by molar-refractivity contribution is 6.35. The number of esters is 2. The summed E-state index contributed by atoms with van der Waals surface area (Å²) in [4.78, 5) is 78.6. The van der Waals surface area contributed by atoms with Crippen molar-refractivity contribution in [2.24, 2.45) is 0 Å². The van der Waals surface area contributed by atoms with E-state index < -0.39 is 35.8 Å². The number of amides is 4. The van der Waals surface area contributed by atoms with Crippen LogP contribution < -0.4 is 21.3 Å². The van der Waals surface area contributed by atoms with E-state index in [4.69, 9.17) is 9.47 Å². The average Bonchev–Trinajstić information content (AvgIpc) is 3.35. The third kappa shape index (κ3) is 44.7. The molecule has 0 unspecified atom stereocenters. The van der Waals surface area contributed by atoms with Crippen molar-refractivity contribution < 1.29 is 38.2 Å². The quantitative estimate of drug-likeness (QED) is 0.0265. The smallest absolute Gasteiger partial charge is 0.328 e. The number of unbranched alkanes of at least 4 members (excludes halogenated alkanes) is 32. The van der Waals surface area contributed by atoms with E-state index in [9.17, 15) is 28.8 Å². The molecular weight excluding hydrogens is 881 g/mol. The van der Waals surface area contributed by atoms with Gasteiger partial charge in [-0.25, -0.2) is 9.59 Å². The van der Waals surface area contributed by atoms with Crippen molar-refractivity contribution in [2.75, 3.05) is 26.3 Å². The zero-order chi connectivity index (χ0) is 51.4. The van der Waals surface area contributed by atoms with Gasteiger partial charge in [-0.05, 0) is 64.2 Å². The molecule has 0 aromatic carbocycles. The minimum Gasteiger partial charge on any atom is -0.464 e. The van der Waals surface area contributed by atoms with Gasteiger partial charge < -0.3 is 30.7 Å². The monoisotopic (exact) mass is 991 g/mol. The summed E-state index contributed by atoms with van der Waals surface area (Å²) in [5, 5.41) is 11.2. The Morgan fingerprint density at radius 3 is 0.857 bits per heavy atom. The third-order valence-corrected chi connectivity index (χ3v) is 13.4. The van der Waals surface area contributed by atoms with Gasteiger partial charge in [-0.1, -0.05) is 220 Å². The molecule has 0 aliphatic carbocycles. The lowest BCUT2D eigenvalue weighted by Gasteiger charge is -2.20. The molecule has 0 heterocycles. The Kier molecular flexibility index (Phi) is 49.8. The Labute approximate surface area is 429 Å². The SMILES string of the molecule is CCCCCCCCCCCC(=O)NCCCC[C@H](NC(=O)C(=O)N[C@@H](CCCCNC(=O)CCCCCCCCCCC)C(=O)OCCCCCCCCCC)C(=O)OCCCCCCCCCC. The van der Waals surface area contributed by atoms with Gasteiger partial charge in [0.1, 0.15) is 12.1 Å². The van der Waals surface area contributed by atoms with Crippen molar-refractivity contribution in [2.45, 2.75) is 309 Å². The van der Waals surface area contributed by atoms with Crippen LogP contribution in [0.1, 0.15) is 297 Å². The highest BCUT2D eigenvalue weighted by Gasteiger charge is 2.29. The zero-order valence-corrected chi connectivity index (χ0v) is 45.9. The first kappa shape index (κ1) is 66.8. The van der Waals surface area contributed by atoms with Crippen LogP contribution in [0, 0.1) is 0 Å². The van der Waals surface area contributed by atoms with E-state index >= 15 is 0 Å². The summed E-state index contributed by atoms with van der Waals surface area (Å²) in [7, 11) is 0. The van der Waals surface area contributed by atoms with Gasteiger partial charge in [-0.2, -0.15) is 0 Å². The Hall–Kier alpha value is -3.18. The second-order valence-corrected chi connectivity index (χ2v) is 20.2. The van der Waals surface area contributed by atoms with Crippen LogP contribution in [0.5, 0.6) is 0 Å². The maximum absolute atomic E-state index is 13.4. The van der Waals surface area contributed by atoms with Crippen molar-refractivity contribution in [3.63, 3.8) is 0 Å². The molecule has 0 aliphatic heterocycles. The van der Waals surface area contributed by atoms with E-state index in [1.165, 1.54) is 128 Å². The zero-order valence-electron chi connectivity index (χ0n) is 45.9. The van der Waals surface area contributed by atoms with Crippen LogP contribution >= 0.6 is 0 Å². The molecule has 12 heteroatoms. The molecule has 0 radical (unpaired) electrons. The van der Waals surface area contributed by atoms with Crippen LogP contribution in [0.4, 0.5) is 0 Å². The number of carbonyl (C=O) groups excluding carboxylic acids is 6. The van der Waals surface area contributed by atoms with Gasteiger partial charge in [0, 0.05) is 25.9 Å². The standard InChI is InChI=1S/C58H110N4O8/c1-5-9-13-17-21-25-27-31-35-45-53(63)59-47-39-37-43-51(57(67)69-49-41-33-29-23-19-15-11-7-3)61-55(65)56(66)62-52(58(68)70-50-42-34-30-24-20-16-12-8-4)44-38-40-48-60-54(64)46-36-32-28-26-22-18-14-10-6-2/h51-52H,5-50H2,1-4H3,(H,59,63)(H,60,64)(H,61,65)(H,62,66)/t51-,52-/m0/s1. The second-order valence-electron chi connectivity index (χ2n) is 20.2. The summed E-state index contributed by atoms with van der Waals surface area (Å²) >= 11 is 0. The van der Waals surface area contributed by atoms with Gasteiger partial charge >= 0.3 is 23.8 Å². The topological polar surface area (TPSA) is 169 Å². The molecule has 0 rings (SSSR count). The Balaban J connectivity index is 5.27. The van der Waals surface area contributed by atoms with Gasteiger partial charge in [0.05, 0.1) is 13.2 Å². The molecule has 0 aromatic rings. The highest BCUT2D eigenvalue weighted by atomic mass is 16.5. The molecule has 2 atom stereocenters. The maximum atomic E-state index is 13.4. The lowest BCUT2D eigenvalue weighted by atomic mass is 10.1. The van der Waals surface area contributed by atoms with Gasteiger partial charge in [0.25, 0.3) is 0 Å². The van der Waals surface area contributed by atoms with Crippen LogP contribution in [0.25, 0.3) is 0 Å². The van der Waals surface area contributed by atoms with E-state index in [1.807, 2.05) is 0 Å². The van der Waals surface area contributed by atoms with Crippen LogP contribution in [-0.4, -0.2) is 74.0 Å². The Bertz CT molecular complexity index is 1170. The molecule has 0 bridgehead atoms. The maximum Gasteiger partial charge on any atom is 0.328 e. The summed E-state index contributed by atoms with van der Waals surface area (Å²) in [5.41, 5.74) is 0. The molecular formula is C58H110N4O8. The van der Waals surface area contributed by atoms with Crippen molar-refractivity contribution in [3.05, 3.63) is 0 Å². The molecule has 0 aliphatic rings. The fourth-order valence-corrected chi connectivity index (χ4v) is 8.74. The van der Waals surface area contributed by atoms with Gasteiger partial charge in [0.2, 0.25) is 11.8 Å². The third-order valence-electron chi connectivity index (χ3n) is 13.4. The van der Waals surface area contributed by atoms with Crippen molar-refractivity contribution >= 4 is 35.6 Å². The molecule has 4 amide bonds. The summed E-state index contributed by atoms with van der Waals surface area (Å²) in [6.07, 6.45) is 42.7. The lowest BCUT2D eigenvalue weighted by Crippen LogP contribution is -2.52. The molecule has 70 heavy (non-hydrogen) atoms. The van der Waals surface area contributed by atoms with E-state index in [0.29, 0.717) is 51.6 Å².